The highest BCUT2D eigenvalue weighted by atomic mass is 35.5. The second-order valence-corrected chi connectivity index (χ2v) is 4.11. The minimum atomic E-state index is 0.240. The van der Waals surface area contributed by atoms with E-state index in [4.69, 9.17) is 11.6 Å². The molecule has 1 atom stereocenters. The van der Waals surface area contributed by atoms with Crippen molar-refractivity contribution in [3.05, 3.63) is 18.0 Å². The van der Waals surface area contributed by atoms with Gasteiger partial charge in [0, 0.05) is 31.7 Å². The molecule has 3 nitrogen and oxygen atoms in total. The topological polar surface area (TPSA) is 29.9 Å². The molecule has 0 radical (unpaired) electrons. The Morgan fingerprint density at radius 1 is 1.64 bits per heavy atom. The normalized spacial score (nSPS) is 13.1. The monoisotopic (exact) mass is 215 g/mol. The number of hydrogen-bond donors (Lipinski definition) is 1. The number of hydrogen-bond acceptors (Lipinski definition) is 2. The van der Waals surface area contributed by atoms with Gasteiger partial charge in [0.1, 0.15) is 0 Å². The molecule has 1 aromatic rings. The zero-order valence-corrected chi connectivity index (χ0v) is 9.59. The molecule has 0 aliphatic heterocycles. The molecule has 1 heterocycles. The van der Waals surface area contributed by atoms with Crippen LogP contribution >= 0.6 is 11.6 Å². The Balaban J connectivity index is 2.15. The Kier molecular flexibility index (Phi) is 4.98. The molecule has 1 N–H and O–H groups in total. The lowest BCUT2D eigenvalue weighted by Gasteiger charge is -2.08. The van der Waals surface area contributed by atoms with Crippen LogP contribution in [0, 0.1) is 0 Å². The minimum absolute atomic E-state index is 0.240. The minimum Gasteiger partial charge on any atom is -0.310 e. The van der Waals surface area contributed by atoms with Crippen molar-refractivity contribution in [3.63, 3.8) is 0 Å². The second-order valence-electron chi connectivity index (χ2n) is 3.50. The molecule has 0 bridgehead atoms. The third-order valence-electron chi connectivity index (χ3n) is 2.04. The van der Waals surface area contributed by atoms with Gasteiger partial charge < -0.3 is 5.32 Å². The average molecular weight is 216 g/mol. The lowest BCUT2D eigenvalue weighted by Crippen LogP contribution is -2.22. The summed E-state index contributed by atoms with van der Waals surface area (Å²) in [5, 5.41) is 7.80. The van der Waals surface area contributed by atoms with Crippen LogP contribution in [0.2, 0.25) is 0 Å². The second kappa shape index (κ2) is 6.04. The van der Waals surface area contributed by atoms with Crippen LogP contribution in [0.25, 0.3) is 0 Å². The summed E-state index contributed by atoms with van der Waals surface area (Å²) in [7, 11) is 1.92. The van der Waals surface area contributed by atoms with Crippen LogP contribution in [0.5, 0.6) is 0 Å². The zero-order valence-electron chi connectivity index (χ0n) is 8.83. The number of nitrogens with one attached hydrogen (secondary N) is 1. The Morgan fingerprint density at radius 3 is 3.00 bits per heavy atom. The lowest BCUT2D eigenvalue weighted by atomic mass is 10.2. The first-order valence-electron chi connectivity index (χ1n) is 5.05. The van der Waals surface area contributed by atoms with Crippen molar-refractivity contribution in [2.75, 3.05) is 6.54 Å². The highest BCUT2D eigenvalue weighted by molar-refractivity contribution is 6.20. The first kappa shape index (κ1) is 11.5. The summed E-state index contributed by atoms with van der Waals surface area (Å²) in [4.78, 5) is 0. The van der Waals surface area contributed by atoms with E-state index in [0.717, 1.165) is 31.6 Å². The lowest BCUT2D eigenvalue weighted by molar-refractivity contribution is 0.609. The van der Waals surface area contributed by atoms with Crippen LogP contribution in [-0.2, 0) is 13.6 Å². The van der Waals surface area contributed by atoms with Gasteiger partial charge in [0.05, 0.1) is 5.69 Å². The van der Waals surface area contributed by atoms with Gasteiger partial charge in [-0.15, -0.1) is 11.6 Å². The van der Waals surface area contributed by atoms with Crippen molar-refractivity contribution < 1.29 is 0 Å². The summed E-state index contributed by atoms with van der Waals surface area (Å²) >= 11 is 6.06. The molecule has 0 aliphatic rings. The first-order chi connectivity index (χ1) is 6.72. The first-order valence-corrected chi connectivity index (χ1v) is 5.49. The van der Waals surface area contributed by atoms with Crippen LogP contribution in [0.3, 0.4) is 0 Å². The fourth-order valence-electron chi connectivity index (χ4n) is 1.33. The average Bonchev–Trinajstić information content (AvgIpc) is 2.52. The van der Waals surface area contributed by atoms with Crippen molar-refractivity contribution >= 4 is 11.6 Å². The van der Waals surface area contributed by atoms with Crippen LogP contribution in [0.1, 0.15) is 25.5 Å². The molecular weight excluding hydrogens is 198 g/mol. The molecule has 14 heavy (non-hydrogen) atoms. The molecule has 4 heteroatoms. The van der Waals surface area contributed by atoms with Gasteiger partial charge in [0.25, 0.3) is 0 Å². The van der Waals surface area contributed by atoms with E-state index in [2.05, 4.69) is 17.3 Å². The summed E-state index contributed by atoms with van der Waals surface area (Å²) in [6.07, 6.45) is 4.15. The van der Waals surface area contributed by atoms with Crippen molar-refractivity contribution in [2.24, 2.45) is 7.05 Å². The Hall–Kier alpha value is -0.540. The smallest absolute Gasteiger partial charge is 0.0762 e. The molecule has 1 unspecified atom stereocenters. The quantitative estimate of drug-likeness (QED) is 0.735. The third kappa shape index (κ3) is 4.11. The van der Waals surface area contributed by atoms with Crippen LogP contribution in [0.4, 0.5) is 0 Å². The molecule has 1 aromatic heterocycles. The maximum Gasteiger partial charge on any atom is 0.0762 e. The number of rotatable bonds is 6. The largest absolute Gasteiger partial charge is 0.310 e. The van der Waals surface area contributed by atoms with Gasteiger partial charge in [0.15, 0.2) is 0 Å². The highest BCUT2D eigenvalue weighted by Crippen LogP contribution is 2.03. The predicted octanol–water partition coefficient (Wildman–Crippen LogP) is 1.92. The zero-order chi connectivity index (χ0) is 10.4. The number of alkyl halides is 1. The van der Waals surface area contributed by atoms with Crippen molar-refractivity contribution in [3.8, 4) is 0 Å². The molecule has 80 valence electrons. The third-order valence-corrected chi connectivity index (χ3v) is 2.42. The maximum absolute atomic E-state index is 6.06. The molecule has 0 fully saturated rings. The van der Waals surface area contributed by atoms with Crippen LogP contribution in [-0.4, -0.2) is 21.7 Å². The van der Waals surface area contributed by atoms with E-state index in [9.17, 15) is 0 Å². The highest BCUT2D eigenvalue weighted by Gasteiger charge is 2.02. The number of aryl methyl sites for hydroxylation is 1. The van der Waals surface area contributed by atoms with Crippen molar-refractivity contribution in [1.82, 2.24) is 15.1 Å². The summed E-state index contributed by atoms with van der Waals surface area (Å²) in [6, 6.07) is 2.01. The summed E-state index contributed by atoms with van der Waals surface area (Å²) in [5.41, 5.74) is 1.06. The molecule has 1 rings (SSSR count). The van der Waals surface area contributed by atoms with Crippen LogP contribution in [0.15, 0.2) is 12.3 Å². The van der Waals surface area contributed by atoms with E-state index < -0.39 is 0 Å². The van der Waals surface area contributed by atoms with Gasteiger partial charge in [-0.3, -0.25) is 4.68 Å². The van der Waals surface area contributed by atoms with E-state index in [-0.39, 0.29) is 5.38 Å². The SMILES string of the molecule is CCCC(Cl)CNCc1ccn(C)n1. The Bertz CT molecular complexity index is 260. The van der Waals surface area contributed by atoms with Gasteiger partial charge in [-0.25, -0.2) is 0 Å². The molecule has 0 amide bonds. The summed E-state index contributed by atoms with van der Waals surface area (Å²) in [5.74, 6) is 0. The number of aromatic nitrogens is 2. The van der Waals surface area contributed by atoms with Crippen molar-refractivity contribution in [1.29, 1.82) is 0 Å². The van der Waals surface area contributed by atoms with Gasteiger partial charge in [0.2, 0.25) is 0 Å². The van der Waals surface area contributed by atoms with Gasteiger partial charge >= 0.3 is 0 Å². The summed E-state index contributed by atoms with van der Waals surface area (Å²) in [6.45, 7) is 3.80. The Labute approximate surface area is 90.4 Å². The molecule has 0 spiro atoms. The standard InChI is InChI=1S/C10H18ClN3/c1-3-4-9(11)7-12-8-10-5-6-14(2)13-10/h5-6,9,12H,3-4,7-8H2,1-2H3. The molecular formula is C10H18ClN3. The van der Waals surface area contributed by atoms with Crippen LogP contribution < -0.4 is 5.32 Å². The molecule has 0 aliphatic carbocycles. The van der Waals surface area contributed by atoms with Crippen molar-refractivity contribution in [2.45, 2.75) is 31.7 Å². The Morgan fingerprint density at radius 2 is 2.43 bits per heavy atom. The van der Waals surface area contributed by atoms with Gasteiger partial charge in [-0.1, -0.05) is 13.3 Å². The summed E-state index contributed by atoms with van der Waals surface area (Å²) < 4.78 is 1.81. The molecule has 0 aromatic carbocycles. The maximum atomic E-state index is 6.06. The van der Waals surface area contributed by atoms with E-state index >= 15 is 0 Å². The van der Waals surface area contributed by atoms with Gasteiger partial charge in [-0.05, 0) is 12.5 Å². The van der Waals surface area contributed by atoms with E-state index in [0.29, 0.717) is 0 Å². The molecule has 0 saturated carbocycles. The van der Waals surface area contributed by atoms with E-state index in [1.807, 2.05) is 19.3 Å². The molecule has 0 saturated heterocycles. The van der Waals surface area contributed by atoms with E-state index in [1.165, 1.54) is 0 Å². The van der Waals surface area contributed by atoms with E-state index in [1.54, 1.807) is 4.68 Å². The number of halogens is 1. The number of nitrogens with zero attached hydrogens (tertiary/aromatic N) is 2. The van der Waals surface area contributed by atoms with Gasteiger partial charge in [-0.2, -0.15) is 5.10 Å². The fourth-order valence-corrected chi connectivity index (χ4v) is 1.66. The predicted molar refractivity (Wildman–Crippen MR) is 59.5 cm³/mol. The fraction of sp³-hybridized carbons (Fsp3) is 0.700.